The number of aromatic amines is 2. The number of H-pyrrole nitrogens is 2. The van der Waals surface area contributed by atoms with Crippen LogP contribution in [0.25, 0.3) is 40.3 Å². The lowest BCUT2D eigenvalue weighted by atomic mass is 10.1. The fourth-order valence-electron chi connectivity index (χ4n) is 5.09. The van der Waals surface area contributed by atoms with E-state index in [1.165, 1.54) is 37.8 Å². The third-order valence-corrected chi connectivity index (χ3v) is 7.34. The maximum atomic E-state index is 5.04. The zero-order valence-corrected chi connectivity index (χ0v) is 21.3. The molecular formula is C30H33N7. The number of anilines is 2. The summed E-state index contributed by atoms with van der Waals surface area (Å²) in [6.07, 6.45) is 13.9. The predicted molar refractivity (Wildman–Crippen MR) is 152 cm³/mol. The number of nitrogens with zero attached hydrogens (tertiary/aromatic N) is 4. The molecule has 1 aliphatic heterocycles. The number of benzene rings is 1. The van der Waals surface area contributed by atoms with E-state index >= 15 is 0 Å². The summed E-state index contributed by atoms with van der Waals surface area (Å²) in [7, 11) is 0. The Morgan fingerprint density at radius 3 is 2.76 bits per heavy atom. The van der Waals surface area contributed by atoms with E-state index in [0.717, 1.165) is 68.7 Å². The summed E-state index contributed by atoms with van der Waals surface area (Å²) in [5.41, 5.74) is 7.77. The van der Waals surface area contributed by atoms with Gasteiger partial charge in [-0.2, -0.15) is 5.10 Å². The van der Waals surface area contributed by atoms with Gasteiger partial charge in [0.15, 0.2) is 5.82 Å². The summed E-state index contributed by atoms with van der Waals surface area (Å²) < 4.78 is 0. The molecule has 7 heteroatoms. The molecule has 0 radical (unpaired) electrons. The lowest BCUT2D eigenvalue weighted by Gasteiger charge is -2.28. The first kappa shape index (κ1) is 23.3. The lowest BCUT2D eigenvalue weighted by molar-refractivity contribution is 0.579. The molecule has 6 rings (SSSR count). The molecule has 4 aromatic rings. The first-order valence-electron chi connectivity index (χ1n) is 13.2. The van der Waals surface area contributed by atoms with Crippen LogP contribution in [0.2, 0.25) is 0 Å². The van der Waals surface area contributed by atoms with Crippen LogP contribution in [0.3, 0.4) is 0 Å². The Kier molecular flexibility index (Phi) is 6.12. The largest absolute Gasteiger partial charge is 0.370 e. The Bertz CT molecular complexity index is 1600. The molecule has 4 heterocycles. The number of imidazole rings is 1. The molecule has 1 saturated carbocycles. The maximum absolute atomic E-state index is 5.04. The number of para-hydroxylation sites is 1. The highest BCUT2D eigenvalue weighted by Crippen LogP contribution is 2.36. The van der Waals surface area contributed by atoms with Gasteiger partial charge < -0.3 is 15.2 Å². The molecule has 1 saturated heterocycles. The fraction of sp³-hybridized carbons (Fsp3) is 0.300. The second kappa shape index (κ2) is 9.73. The number of hydrogen-bond donors (Lipinski definition) is 3. The maximum Gasteiger partial charge on any atom is 0.159 e. The van der Waals surface area contributed by atoms with Gasteiger partial charge >= 0.3 is 0 Å². The number of allylic oxidation sites excluding steroid dienone is 2. The van der Waals surface area contributed by atoms with Crippen molar-refractivity contribution in [2.45, 2.75) is 39.0 Å². The average molecular weight is 492 g/mol. The number of pyridine rings is 1. The Morgan fingerprint density at radius 2 is 1.97 bits per heavy atom. The van der Waals surface area contributed by atoms with Crippen LogP contribution in [0.4, 0.5) is 11.4 Å². The number of aromatic nitrogens is 5. The normalized spacial score (nSPS) is 16.9. The standard InChI is InChI=1S/C30H33N7/c1-4-25-24(15-19(2)22-16-23(18-31-17-22)32-20(3)21-11-12-21)28(36-35-25)30-33-26-9-8-10-27(29(26)34-30)37-13-6-5-7-14-37/h4,8-10,15-18,21,32,35H,2-3,5-7,11-14H2,1H3,(H,33,34)/b24-15+,25-4+. The van der Waals surface area contributed by atoms with Gasteiger partial charge in [-0.15, -0.1) is 0 Å². The second-order valence-corrected chi connectivity index (χ2v) is 10.1. The van der Waals surface area contributed by atoms with Crippen molar-refractivity contribution >= 4 is 40.1 Å². The molecule has 1 aliphatic carbocycles. The highest BCUT2D eigenvalue weighted by Gasteiger charge is 2.24. The summed E-state index contributed by atoms with van der Waals surface area (Å²) in [4.78, 5) is 15.4. The summed E-state index contributed by atoms with van der Waals surface area (Å²) in [5.74, 6) is 1.32. The minimum atomic E-state index is 0.578. The van der Waals surface area contributed by atoms with Crippen molar-refractivity contribution in [3.63, 3.8) is 0 Å². The van der Waals surface area contributed by atoms with Gasteiger partial charge in [-0.3, -0.25) is 10.1 Å². The molecule has 0 spiro atoms. The van der Waals surface area contributed by atoms with Crippen LogP contribution in [0.1, 0.15) is 44.6 Å². The van der Waals surface area contributed by atoms with E-state index in [1.54, 1.807) is 0 Å². The molecule has 0 unspecified atom stereocenters. The topological polar surface area (TPSA) is 85.5 Å². The number of piperidine rings is 1. The monoisotopic (exact) mass is 491 g/mol. The number of hydrogen-bond acceptors (Lipinski definition) is 5. The third-order valence-electron chi connectivity index (χ3n) is 7.34. The van der Waals surface area contributed by atoms with Crippen LogP contribution in [0, 0.1) is 5.92 Å². The van der Waals surface area contributed by atoms with Gasteiger partial charge in [0.25, 0.3) is 0 Å². The molecule has 7 nitrogen and oxygen atoms in total. The number of nitrogens with one attached hydrogen (secondary N) is 3. The van der Waals surface area contributed by atoms with Gasteiger partial charge in [-0.25, -0.2) is 4.98 Å². The highest BCUT2D eigenvalue weighted by molar-refractivity contribution is 5.92. The molecule has 0 atom stereocenters. The van der Waals surface area contributed by atoms with Crippen LogP contribution in [0.15, 0.2) is 55.5 Å². The summed E-state index contributed by atoms with van der Waals surface area (Å²) in [6.45, 7) is 12.7. The van der Waals surface area contributed by atoms with Crippen molar-refractivity contribution in [2.24, 2.45) is 5.92 Å². The molecule has 2 aliphatic rings. The SMILES string of the molecule is C=C(/C=c1/c(-c2nc3c(N4CCCCC4)cccc3[nH]2)n[nH]/c1=C/C)c1cncc(NC(=C)C2CC2)c1. The van der Waals surface area contributed by atoms with Crippen molar-refractivity contribution in [3.05, 3.63) is 71.6 Å². The van der Waals surface area contributed by atoms with E-state index < -0.39 is 0 Å². The Morgan fingerprint density at radius 1 is 1.14 bits per heavy atom. The third kappa shape index (κ3) is 4.69. The highest BCUT2D eigenvalue weighted by atomic mass is 15.2. The Hall–Kier alpha value is -4.13. The smallest absolute Gasteiger partial charge is 0.159 e. The van der Waals surface area contributed by atoms with Crippen LogP contribution in [-0.2, 0) is 0 Å². The average Bonchev–Trinajstić information content (AvgIpc) is 3.57. The summed E-state index contributed by atoms with van der Waals surface area (Å²) >= 11 is 0. The van der Waals surface area contributed by atoms with Gasteiger partial charge in [-0.1, -0.05) is 25.3 Å². The molecule has 3 aromatic heterocycles. The second-order valence-electron chi connectivity index (χ2n) is 10.1. The Labute approximate surface area is 216 Å². The van der Waals surface area contributed by atoms with E-state index in [-0.39, 0.29) is 0 Å². The minimum Gasteiger partial charge on any atom is -0.370 e. The van der Waals surface area contributed by atoms with Crippen molar-refractivity contribution in [1.29, 1.82) is 0 Å². The zero-order chi connectivity index (χ0) is 25.4. The molecular weight excluding hydrogens is 458 g/mol. The number of rotatable bonds is 7. The molecule has 1 aromatic carbocycles. The van der Waals surface area contributed by atoms with E-state index in [0.29, 0.717) is 5.92 Å². The molecule has 0 bridgehead atoms. The van der Waals surface area contributed by atoms with E-state index in [9.17, 15) is 0 Å². The summed E-state index contributed by atoms with van der Waals surface area (Å²) in [5, 5.41) is 13.1. The molecule has 37 heavy (non-hydrogen) atoms. The van der Waals surface area contributed by atoms with E-state index in [2.05, 4.69) is 73.9 Å². The summed E-state index contributed by atoms with van der Waals surface area (Å²) in [6, 6.07) is 8.43. The van der Waals surface area contributed by atoms with Crippen molar-refractivity contribution in [2.75, 3.05) is 23.3 Å². The molecule has 2 fully saturated rings. The van der Waals surface area contributed by atoms with Gasteiger partial charge in [0.2, 0.25) is 0 Å². The fourth-order valence-corrected chi connectivity index (χ4v) is 5.09. The minimum absolute atomic E-state index is 0.578. The predicted octanol–water partition coefficient (Wildman–Crippen LogP) is 4.97. The van der Waals surface area contributed by atoms with Crippen molar-refractivity contribution in [1.82, 2.24) is 25.1 Å². The van der Waals surface area contributed by atoms with Crippen LogP contribution in [-0.4, -0.2) is 38.2 Å². The van der Waals surface area contributed by atoms with Crippen LogP contribution in [0.5, 0.6) is 0 Å². The van der Waals surface area contributed by atoms with Gasteiger partial charge in [0.1, 0.15) is 11.2 Å². The zero-order valence-electron chi connectivity index (χ0n) is 21.3. The first-order chi connectivity index (χ1) is 18.1. The quantitative estimate of drug-likeness (QED) is 0.340. The van der Waals surface area contributed by atoms with Gasteiger partial charge in [0.05, 0.1) is 28.4 Å². The van der Waals surface area contributed by atoms with Crippen LogP contribution < -0.4 is 20.8 Å². The van der Waals surface area contributed by atoms with Crippen molar-refractivity contribution in [3.8, 4) is 11.5 Å². The molecule has 188 valence electrons. The Balaban J connectivity index is 1.36. The van der Waals surface area contributed by atoms with Crippen LogP contribution >= 0.6 is 0 Å². The number of fused-ring (bicyclic) bond motifs is 1. The first-order valence-corrected chi connectivity index (χ1v) is 13.2. The van der Waals surface area contributed by atoms with Crippen molar-refractivity contribution < 1.29 is 0 Å². The van der Waals surface area contributed by atoms with Gasteiger partial charge in [0, 0.05) is 35.8 Å². The molecule has 0 amide bonds. The van der Waals surface area contributed by atoms with E-state index in [1.807, 2.05) is 25.4 Å². The lowest BCUT2D eigenvalue weighted by Crippen LogP contribution is -2.29. The molecule has 3 N–H and O–H groups in total. The van der Waals surface area contributed by atoms with E-state index in [4.69, 9.17) is 4.98 Å². The van der Waals surface area contributed by atoms with Gasteiger partial charge in [-0.05, 0) is 74.8 Å².